The molecule has 3 aromatic rings. The van der Waals surface area contributed by atoms with Crippen LogP contribution in [0.4, 0.5) is 5.69 Å². The zero-order valence-electron chi connectivity index (χ0n) is 15.7. The maximum absolute atomic E-state index is 5.45. The fraction of sp³-hybridized carbons (Fsp3) is 0.286. The molecule has 0 saturated heterocycles. The molecular weight excluding hydrogens is 360 g/mol. The number of rotatable bonds is 7. The molecule has 0 aliphatic carbocycles. The van der Waals surface area contributed by atoms with E-state index in [0.717, 1.165) is 34.3 Å². The molecule has 0 bridgehead atoms. The molecule has 3 rings (SSSR count). The lowest BCUT2D eigenvalue weighted by Crippen LogP contribution is -2.21. The number of hydrogen-bond acceptors (Lipinski definition) is 5. The Morgan fingerprint density at radius 1 is 1.12 bits per heavy atom. The van der Waals surface area contributed by atoms with Crippen molar-refractivity contribution in [3.05, 3.63) is 47.0 Å². The second-order valence-electron chi connectivity index (χ2n) is 5.82. The molecule has 136 valence electrons. The molecule has 0 fully saturated rings. The van der Waals surface area contributed by atoms with Gasteiger partial charge in [0, 0.05) is 24.8 Å². The molecule has 0 amide bonds. The molecule has 1 aromatic heterocycles. The second kappa shape index (κ2) is 8.60. The van der Waals surface area contributed by atoms with E-state index in [9.17, 15) is 0 Å². The number of fused-ring (bicyclic) bond motifs is 1. The van der Waals surface area contributed by atoms with Gasteiger partial charge >= 0.3 is 0 Å². The molecule has 0 unspecified atom stereocenters. The number of thiazole rings is 1. The van der Waals surface area contributed by atoms with Crippen LogP contribution < -0.4 is 9.64 Å². The number of anilines is 1. The first-order valence-electron chi connectivity index (χ1n) is 8.74. The molecule has 1 heterocycles. The predicted molar refractivity (Wildman–Crippen MR) is 117 cm³/mol. The van der Waals surface area contributed by atoms with Crippen molar-refractivity contribution in [1.82, 2.24) is 4.98 Å². The van der Waals surface area contributed by atoms with Crippen LogP contribution in [0.3, 0.4) is 0 Å². The lowest BCUT2D eigenvalue weighted by atomic mass is 10.2. The molecule has 0 N–H and O–H groups in total. The Balaban J connectivity index is 1.82. The van der Waals surface area contributed by atoms with Gasteiger partial charge in [-0.25, -0.2) is 4.98 Å². The minimum atomic E-state index is 0.887. The SMILES string of the molecule is CCN(CC)c1ccc(C=Cc2nc3cc(OC)c(SC)cc3s2)cc1. The number of hydrogen-bond donors (Lipinski definition) is 0. The highest BCUT2D eigenvalue weighted by Crippen LogP contribution is 2.35. The molecule has 0 aliphatic heterocycles. The van der Waals surface area contributed by atoms with Gasteiger partial charge in [-0.05, 0) is 49.9 Å². The smallest absolute Gasteiger partial charge is 0.134 e. The van der Waals surface area contributed by atoms with E-state index in [1.165, 1.54) is 16.0 Å². The Bertz CT molecular complexity index is 855. The highest BCUT2D eigenvalue weighted by atomic mass is 32.2. The summed E-state index contributed by atoms with van der Waals surface area (Å²) in [6, 6.07) is 12.9. The van der Waals surface area contributed by atoms with E-state index in [1.54, 1.807) is 30.2 Å². The van der Waals surface area contributed by atoms with Crippen molar-refractivity contribution in [2.45, 2.75) is 18.7 Å². The van der Waals surface area contributed by atoms with Gasteiger partial charge in [0.05, 0.1) is 22.2 Å². The van der Waals surface area contributed by atoms with E-state index in [1.807, 2.05) is 6.07 Å². The average Bonchev–Trinajstić information content (AvgIpc) is 3.08. The zero-order chi connectivity index (χ0) is 18.5. The third kappa shape index (κ3) is 4.05. The van der Waals surface area contributed by atoms with E-state index in [-0.39, 0.29) is 0 Å². The fourth-order valence-electron chi connectivity index (χ4n) is 2.90. The summed E-state index contributed by atoms with van der Waals surface area (Å²) < 4.78 is 6.64. The zero-order valence-corrected chi connectivity index (χ0v) is 17.3. The number of aromatic nitrogens is 1. The summed E-state index contributed by atoms with van der Waals surface area (Å²) in [5.41, 5.74) is 3.44. The monoisotopic (exact) mass is 384 g/mol. The van der Waals surface area contributed by atoms with Crippen molar-refractivity contribution >= 4 is 51.2 Å². The van der Waals surface area contributed by atoms with Gasteiger partial charge in [-0.2, -0.15) is 0 Å². The van der Waals surface area contributed by atoms with Crippen molar-refractivity contribution in [2.75, 3.05) is 31.4 Å². The Kier molecular flexibility index (Phi) is 6.22. The summed E-state index contributed by atoms with van der Waals surface area (Å²) >= 11 is 3.40. The largest absolute Gasteiger partial charge is 0.496 e. The van der Waals surface area contributed by atoms with Crippen LogP contribution in [0, 0.1) is 0 Å². The number of ether oxygens (including phenoxy) is 1. The maximum atomic E-state index is 5.45. The maximum Gasteiger partial charge on any atom is 0.134 e. The molecule has 26 heavy (non-hydrogen) atoms. The first-order valence-corrected chi connectivity index (χ1v) is 10.8. The van der Waals surface area contributed by atoms with Crippen LogP contribution in [0.25, 0.3) is 22.4 Å². The Morgan fingerprint density at radius 3 is 2.46 bits per heavy atom. The summed E-state index contributed by atoms with van der Waals surface area (Å²) in [5.74, 6) is 0.887. The predicted octanol–water partition coefficient (Wildman–Crippen LogP) is 6.04. The first-order chi connectivity index (χ1) is 12.7. The summed E-state index contributed by atoms with van der Waals surface area (Å²) in [7, 11) is 1.70. The molecule has 5 heteroatoms. The van der Waals surface area contributed by atoms with Crippen LogP contribution in [0.15, 0.2) is 41.3 Å². The standard InChI is InChI=1S/C21H24N2OS2/c1-5-23(6-2)16-10-7-15(8-11-16)9-12-21-22-17-13-18(24-3)20(25-4)14-19(17)26-21/h7-14H,5-6H2,1-4H3. The molecule has 0 atom stereocenters. The van der Waals surface area contributed by atoms with Crippen LogP contribution in [-0.2, 0) is 0 Å². The van der Waals surface area contributed by atoms with E-state index < -0.39 is 0 Å². The van der Waals surface area contributed by atoms with Crippen molar-refractivity contribution in [2.24, 2.45) is 0 Å². The van der Waals surface area contributed by atoms with Crippen LogP contribution in [0.2, 0.25) is 0 Å². The first kappa shape index (κ1) is 18.8. The molecular formula is C21H24N2OS2. The topological polar surface area (TPSA) is 25.4 Å². The van der Waals surface area contributed by atoms with E-state index in [0.29, 0.717) is 0 Å². The van der Waals surface area contributed by atoms with E-state index in [2.05, 4.69) is 67.5 Å². The fourth-order valence-corrected chi connectivity index (χ4v) is 4.44. The van der Waals surface area contributed by atoms with Crippen LogP contribution in [0.1, 0.15) is 24.4 Å². The molecule has 0 spiro atoms. The van der Waals surface area contributed by atoms with Crippen LogP contribution >= 0.6 is 23.1 Å². The normalized spacial score (nSPS) is 11.4. The molecule has 3 nitrogen and oxygen atoms in total. The van der Waals surface area contributed by atoms with Gasteiger partial charge in [0.2, 0.25) is 0 Å². The highest BCUT2D eigenvalue weighted by Gasteiger charge is 2.08. The summed E-state index contributed by atoms with van der Waals surface area (Å²) in [6.45, 7) is 6.42. The van der Waals surface area contributed by atoms with Crippen LogP contribution in [0.5, 0.6) is 5.75 Å². The Labute approximate surface area is 163 Å². The molecule has 0 radical (unpaired) electrons. The number of thioether (sulfide) groups is 1. The summed E-state index contributed by atoms with van der Waals surface area (Å²) in [5, 5.41) is 1.01. The van der Waals surface area contributed by atoms with Crippen molar-refractivity contribution in [3.8, 4) is 5.75 Å². The third-order valence-corrected chi connectivity index (χ3v) is 6.09. The van der Waals surface area contributed by atoms with Gasteiger partial charge < -0.3 is 9.64 Å². The molecule has 0 aliphatic rings. The van der Waals surface area contributed by atoms with Crippen molar-refractivity contribution in [1.29, 1.82) is 0 Å². The van der Waals surface area contributed by atoms with E-state index >= 15 is 0 Å². The van der Waals surface area contributed by atoms with Gasteiger partial charge in [0.25, 0.3) is 0 Å². The van der Waals surface area contributed by atoms with Crippen LogP contribution in [-0.4, -0.2) is 31.4 Å². The molecule has 2 aromatic carbocycles. The van der Waals surface area contributed by atoms with Crippen molar-refractivity contribution in [3.63, 3.8) is 0 Å². The minimum absolute atomic E-state index is 0.887. The van der Waals surface area contributed by atoms with Crippen molar-refractivity contribution < 1.29 is 4.74 Å². The minimum Gasteiger partial charge on any atom is -0.496 e. The Hall–Kier alpha value is -1.98. The summed E-state index contributed by atoms with van der Waals surface area (Å²) in [6.07, 6.45) is 6.27. The number of nitrogens with zero attached hydrogens (tertiary/aromatic N) is 2. The lowest BCUT2D eigenvalue weighted by Gasteiger charge is -2.20. The van der Waals surface area contributed by atoms with Gasteiger partial charge in [0.15, 0.2) is 0 Å². The molecule has 0 saturated carbocycles. The number of methoxy groups -OCH3 is 1. The lowest BCUT2D eigenvalue weighted by molar-refractivity contribution is 0.405. The summed E-state index contributed by atoms with van der Waals surface area (Å²) in [4.78, 5) is 8.21. The van der Waals surface area contributed by atoms with Gasteiger partial charge in [-0.1, -0.05) is 18.2 Å². The highest BCUT2D eigenvalue weighted by molar-refractivity contribution is 7.98. The average molecular weight is 385 g/mol. The van der Waals surface area contributed by atoms with Gasteiger partial charge in [-0.3, -0.25) is 0 Å². The number of benzene rings is 2. The van der Waals surface area contributed by atoms with E-state index in [4.69, 9.17) is 9.72 Å². The second-order valence-corrected chi connectivity index (χ2v) is 7.73. The third-order valence-electron chi connectivity index (χ3n) is 4.35. The quantitative estimate of drug-likeness (QED) is 0.464. The van der Waals surface area contributed by atoms with Gasteiger partial charge in [-0.15, -0.1) is 23.1 Å². The Morgan fingerprint density at radius 2 is 1.85 bits per heavy atom. The van der Waals surface area contributed by atoms with Gasteiger partial charge in [0.1, 0.15) is 10.8 Å².